The van der Waals surface area contributed by atoms with E-state index in [0.29, 0.717) is 0 Å². The maximum atomic E-state index is 5.91. The summed E-state index contributed by atoms with van der Waals surface area (Å²) < 4.78 is 1.16. The molecule has 0 spiro atoms. The first-order valence-corrected chi connectivity index (χ1v) is 7.39. The molecule has 0 radical (unpaired) electrons. The third-order valence-electron chi connectivity index (χ3n) is 1.80. The Morgan fingerprint density at radius 1 is 1.33 bits per heavy atom. The monoisotopic (exact) mass is 318 g/mol. The summed E-state index contributed by atoms with van der Waals surface area (Å²) in [5.41, 5.74) is 0. The fourth-order valence-electron chi connectivity index (χ4n) is 1.14. The van der Waals surface area contributed by atoms with Crippen molar-refractivity contribution in [3.05, 3.63) is 50.1 Å². The molecule has 1 aromatic heterocycles. The molecule has 0 unspecified atom stereocenters. The highest BCUT2D eigenvalue weighted by Gasteiger charge is 1.99. The van der Waals surface area contributed by atoms with Crippen molar-refractivity contribution in [1.82, 2.24) is 0 Å². The molecule has 2 aromatic rings. The van der Waals surface area contributed by atoms with Gasteiger partial charge < -0.3 is 0 Å². The lowest BCUT2D eigenvalue weighted by Gasteiger charge is -1.99. The molecule has 0 atom stereocenters. The minimum absolute atomic E-state index is 0.798. The predicted octanol–water partition coefficient (Wildman–Crippen LogP) is 5.46. The second-order valence-corrected chi connectivity index (χ2v) is 6.37. The average molecular weight is 320 g/mol. The van der Waals surface area contributed by atoms with Crippen LogP contribution in [0.3, 0.4) is 0 Å². The lowest BCUT2D eigenvalue weighted by Crippen LogP contribution is -1.74. The van der Waals surface area contributed by atoms with Crippen molar-refractivity contribution in [2.75, 3.05) is 0 Å². The molecule has 0 aliphatic rings. The normalized spacial score (nSPS) is 10.5. The highest BCUT2D eigenvalue weighted by molar-refractivity contribution is 9.10. The van der Waals surface area contributed by atoms with Crippen molar-refractivity contribution in [3.63, 3.8) is 0 Å². The van der Waals surface area contributed by atoms with E-state index in [1.807, 2.05) is 18.2 Å². The molecule has 4 heteroatoms. The van der Waals surface area contributed by atoms with Gasteiger partial charge in [-0.25, -0.2) is 0 Å². The van der Waals surface area contributed by atoms with Crippen molar-refractivity contribution in [2.24, 2.45) is 0 Å². The van der Waals surface area contributed by atoms with Crippen molar-refractivity contribution in [3.8, 4) is 0 Å². The Hall–Kier alpha value is 0.0400. The van der Waals surface area contributed by atoms with Gasteiger partial charge in [0.25, 0.3) is 0 Å². The number of thioether (sulfide) groups is 1. The fraction of sp³-hybridized carbons (Fsp3) is 0.0909. The minimum Gasteiger partial charge on any atom is -0.147 e. The van der Waals surface area contributed by atoms with Crippen LogP contribution in [0.2, 0.25) is 5.02 Å². The van der Waals surface area contributed by atoms with E-state index < -0.39 is 0 Å². The van der Waals surface area contributed by atoms with Crippen LogP contribution in [0.4, 0.5) is 0 Å². The van der Waals surface area contributed by atoms with Crippen molar-refractivity contribution >= 4 is 50.6 Å². The smallest absolute Gasteiger partial charge is 0.0417 e. The zero-order valence-corrected chi connectivity index (χ0v) is 11.7. The molecular weight excluding hydrogens is 312 g/mol. The first-order chi connectivity index (χ1) is 7.24. The maximum absolute atomic E-state index is 5.91. The molecule has 0 fully saturated rings. The van der Waals surface area contributed by atoms with E-state index in [9.17, 15) is 0 Å². The summed E-state index contributed by atoms with van der Waals surface area (Å²) in [6.45, 7) is 0. The van der Waals surface area contributed by atoms with Crippen molar-refractivity contribution < 1.29 is 0 Å². The first-order valence-electron chi connectivity index (χ1n) is 4.35. The molecule has 0 bridgehead atoms. The highest BCUT2D eigenvalue weighted by atomic mass is 79.9. The largest absolute Gasteiger partial charge is 0.147 e. The van der Waals surface area contributed by atoms with Gasteiger partial charge in [0.1, 0.15) is 0 Å². The summed E-state index contributed by atoms with van der Waals surface area (Å²) in [5, 5.41) is 2.90. The van der Waals surface area contributed by atoms with Gasteiger partial charge in [-0.2, -0.15) is 0 Å². The van der Waals surface area contributed by atoms with Crippen LogP contribution in [0, 0.1) is 0 Å². The summed E-state index contributed by atoms with van der Waals surface area (Å²) in [5.74, 6) is 0.997. The van der Waals surface area contributed by atoms with Crippen LogP contribution in [0.15, 0.2) is 45.1 Å². The average Bonchev–Trinajstić information content (AvgIpc) is 2.62. The Morgan fingerprint density at radius 2 is 2.20 bits per heavy atom. The lowest BCUT2D eigenvalue weighted by atomic mass is 10.4. The highest BCUT2D eigenvalue weighted by Crippen LogP contribution is 2.29. The summed E-state index contributed by atoms with van der Waals surface area (Å²) >= 11 is 12.9. The molecule has 0 amide bonds. The Labute approximate surface area is 111 Å². The zero-order valence-electron chi connectivity index (χ0n) is 7.74. The Balaban J connectivity index is 1.99. The van der Waals surface area contributed by atoms with Crippen LogP contribution in [0.1, 0.15) is 4.88 Å². The molecule has 78 valence electrons. The third kappa shape index (κ3) is 3.52. The zero-order chi connectivity index (χ0) is 10.7. The van der Waals surface area contributed by atoms with E-state index in [1.54, 1.807) is 23.1 Å². The summed E-state index contributed by atoms with van der Waals surface area (Å²) in [4.78, 5) is 2.58. The number of hydrogen-bond acceptors (Lipinski definition) is 2. The second kappa shape index (κ2) is 5.39. The maximum Gasteiger partial charge on any atom is 0.0417 e. The van der Waals surface area contributed by atoms with Crippen LogP contribution >= 0.6 is 50.6 Å². The van der Waals surface area contributed by atoms with E-state index >= 15 is 0 Å². The summed E-state index contributed by atoms with van der Waals surface area (Å²) in [7, 11) is 0. The van der Waals surface area contributed by atoms with Gasteiger partial charge >= 0.3 is 0 Å². The van der Waals surface area contributed by atoms with Gasteiger partial charge in [-0.3, -0.25) is 0 Å². The Kier molecular flexibility index (Phi) is 4.14. The van der Waals surface area contributed by atoms with E-state index in [0.717, 1.165) is 15.2 Å². The van der Waals surface area contributed by atoms with Gasteiger partial charge in [0.2, 0.25) is 0 Å². The molecule has 0 N–H and O–H groups in total. The molecular formula is C11H8BrClS2. The Bertz CT molecular complexity index is 453. The van der Waals surface area contributed by atoms with Crippen LogP contribution in [-0.4, -0.2) is 0 Å². The molecule has 0 aliphatic heterocycles. The molecule has 0 saturated carbocycles. The van der Waals surface area contributed by atoms with Gasteiger partial charge in [-0.1, -0.05) is 17.7 Å². The van der Waals surface area contributed by atoms with Gasteiger partial charge in [0.05, 0.1) is 0 Å². The molecule has 1 heterocycles. The van der Waals surface area contributed by atoms with E-state index in [1.165, 1.54) is 9.77 Å². The number of thiophene rings is 1. The summed E-state index contributed by atoms with van der Waals surface area (Å²) in [6.07, 6.45) is 0. The standard InChI is InChI=1S/C11H8BrClS2/c12-8-4-11(14-6-8)7-15-10-3-1-2-9(13)5-10/h1-6H,7H2. The van der Waals surface area contributed by atoms with Gasteiger partial charge in [0.15, 0.2) is 0 Å². The first kappa shape index (κ1) is 11.5. The number of benzene rings is 1. The van der Waals surface area contributed by atoms with Crippen LogP contribution in [-0.2, 0) is 5.75 Å². The van der Waals surface area contributed by atoms with E-state index in [4.69, 9.17) is 11.6 Å². The lowest BCUT2D eigenvalue weighted by molar-refractivity contribution is 1.43. The molecule has 0 saturated heterocycles. The Morgan fingerprint density at radius 3 is 2.87 bits per heavy atom. The van der Waals surface area contributed by atoms with E-state index in [-0.39, 0.29) is 0 Å². The quantitative estimate of drug-likeness (QED) is 0.677. The van der Waals surface area contributed by atoms with Crippen LogP contribution in [0.25, 0.3) is 0 Å². The van der Waals surface area contributed by atoms with Crippen molar-refractivity contribution in [1.29, 1.82) is 0 Å². The predicted molar refractivity (Wildman–Crippen MR) is 73.0 cm³/mol. The van der Waals surface area contributed by atoms with Gasteiger partial charge in [0, 0.05) is 30.4 Å². The van der Waals surface area contributed by atoms with Crippen molar-refractivity contribution in [2.45, 2.75) is 10.6 Å². The number of hydrogen-bond donors (Lipinski definition) is 0. The number of halogens is 2. The van der Waals surface area contributed by atoms with E-state index in [2.05, 4.69) is 33.4 Å². The van der Waals surface area contributed by atoms with Crippen LogP contribution in [0.5, 0.6) is 0 Å². The third-order valence-corrected chi connectivity index (χ3v) is 4.96. The SMILES string of the molecule is Clc1cccc(SCc2cc(Br)cs2)c1. The second-order valence-electron chi connectivity index (χ2n) is 2.98. The number of rotatable bonds is 3. The minimum atomic E-state index is 0.798. The molecule has 2 rings (SSSR count). The van der Waals surface area contributed by atoms with Crippen LogP contribution < -0.4 is 0 Å². The molecule has 0 nitrogen and oxygen atoms in total. The molecule has 1 aromatic carbocycles. The van der Waals surface area contributed by atoms with Gasteiger partial charge in [-0.15, -0.1) is 23.1 Å². The summed E-state index contributed by atoms with van der Waals surface area (Å²) in [6, 6.07) is 10.1. The van der Waals surface area contributed by atoms with Gasteiger partial charge in [-0.05, 0) is 40.2 Å². The topological polar surface area (TPSA) is 0 Å². The fourth-order valence-corrected chi connectivity index (χ4v) is 3.86. The molecule has 15 heavy (non-hydrogen) atoms. The molecule has 0 aliphatic carbocycles.